The Labute approximate surface area is 176 Å². The average molecular weight is 409 g/mol. The van der Waals surface area contributed by atoms with Crippen LogP contribution in [0, 0.1) is 11.3 Å². The number of rotatable bonds is 7. The molecule has 28 heavy (non-hydrogen) atoms. The van der Waals surface area contributed by atoms with Crippen LogP contribution in [0.4, 0.5) is 5.69 Å². The molecule has 2 aliphatic rings. The van der Waals surface area contributed by atoms with Crippen LogP contribution < -0.4 is 10.6 Å². The zero-order valence-electron chi connectivity index (χ0n) is 17.9. The Kier molecular flexibility index (Phi) is 8.17. The summed E-state index contributed by atoms with van der Waals surface area (Å²) in [6.45, 7) is 10.2. The van der Waals surface area contributed by atoms with Crippen LogP contribution in [0.25, 0.3) is 0 Å². The van der Waals surface area contributed by atoms with E-state index >= 15 is 0 Å². The van der Waals surface area contributed by atoms with E-state index in [2.05, 4.69) is 66.6 Å². The molecule has 3 rings (SSSR count). The van der Waals surface area contributed by atoms with E-state index in [-0.39, 0.29) is 29.6 Å². The number of carbonyl (C=O) groups excluding carboxylic acids is 1. The number of piperidine rings is 1. The lowest BCUT2D eigenvalue weighted by Crippen LogP contribution is -2.44. The first-order valence-corrected chi connectivity index (χ1v) is 10.3. The molecule has 1 aromatic rings. The van der Waals surface area contributed by atoms with Crippen LogP contribution in [-0.4, -0.2) is 62.5 Å². The van der Waals surface area contributed by atoms with Gasteiger partial charge in [-0.1, -0.05) is 32.0 Å². The summed E-state index contributed by atoms with van der Waals surface area (Å²) in [5.41, 5.74) is 4.29. The molecule has 0 aliphatic carbocycles. The van der Waals surface area contributed by atoms with Crippen LogP contribution in [0.15, 0.2) is 18.2 Å². The van der Waals surface area contributed by atoms with Crippen molar-refractivity contribution in [3.63, 3.8) is 0 Å². The van der Waals surface area contributed by atoms with Gasteiger partial charge in [0.15, 0.2) is 0 Å². The SMILES string of the molecule is CN(C)CC(C)(C)CNC(=O)C1CCN(Cc2cccc3c2NCC3)CC1.Cl. The zero-order chi connectivity index (χ0) is 19.4. The molecule has 2 heterocycles. The van der Waals surface area contributed by atoms with Gasteiger partial charge in [-0.05, 0) is 63.0 Å². The van der Waals surface area contributed by atoms with Gasteiger partial charge in [0.1, 0.15) is 0 Å². The van der Waals surface area contributed by atoms with E-state index in [1.807, 2.05) is 0 Å². The second-order valence-corrected chi connectivity index (χ2v) is 9.30. The van der Waals surface area contributed by atoms with E-state index in [0.717, 1.165) is 58.5 Å². The minimum atomic E-state index is 0. The summed E-state index contributed by atoms with van der Waals surface area (Å²) in [4.78, 5) is 17.3. The second-order valence-electron chi connectivity index (χ2n) is 9.30. The minimum Gasteiger partial charge on any atom is -0.384 e. The third-order valence-corrected chi connectivity index (χ3v) is 5.77. The Bertz CT molecular complexity index is 654. The van der Waals surface area contributed by atoms with Gasteiger partial charge in [0, 0.05) is 37.8 Å². The first-order chi connectivity index (χ1) is 12.8. The molecular weight excluding hydrogens is 372 g/mol. The molecular formula is C22H37ClN4O. The van der Waals surface area contributed by atoms with E-state index in [1.165, 1.54) is 16.8 Å². The number of para-hydroxylation sites is 1. The third kappa shape index (κ3) is 6.10. The van der Waals surface area contributed by atoms with Crippen molar-refractivity contribution < 1.29 is 4.79 Å². The molecule has 0 spiro atoms. The molecule has 0 bridgehead atoms. The summed E-state index contributed by atoms with van der Waals surface area (Å²) in [6, 6.07) is 6.65. The van der Waals surface area contributed by atoms with Crippen LogP contribution in [0.5, 0.6) is 0 Å². The number of anilines is 1. The molecule has 2 aliphatic heterocycles. The van der Waals surface area contributed by atoms with Crippen molar-refractivity contribution in [1.82, 2.24) is 15.1 Å². The quantitative estimate of drug-likeness (QED) is 0.728. The van der Waals surface area contributed by atoms with Gasteiger partial charge in [-0.3, -0.25) is 9.69 Å². The third-order valence-electron chi connectivity index (χ3n) is 5.77. The normalized spacial score (nSPS) is 17.8. The van der Waals surface area contributed by atoms with Gasteiger partial charge in [0.2, 0.25) is 5.91 Å². The fourth-order valence-electron chi connectivity index (χ4n) is 4.52. The molecule has 0 radical (unpaired) electrons. The maximum Gasteiger partial charge on any atom is 0.223 e. The van der Waals surface area contributed by atoms with E-state index in [4.69, 9.17) is 0 Å². The summed E-state index contributed by atoms with van der Waals surface area (Å²) in [5.74, 6) is 0.403. The Morgan fingerprint density at radius 2 is 2.00 bits per heavy atom. The monoisotopic (exact) mass is 408 g/mol. The number of carbonyl (C=O) groups is 1. The first-order valence-electron chi connectivity index (χ1n) is 10.3. The Balaban J connectivity index is 0.00000280. The number of fused-ring (bicyclic) bond motifs is 1. The van der Waals surface area contributed by atoms with Gasteiger partial charge >= 0.3 is 0 Å². The van der Waals surface area contributed by atoms with Crippen LogP contribution in [0.3, 0.4) is 0 Å². The topological polar surface area (TPSA) is 47.6 Å². The van der Waals surface area contributed by atoms with Crippen LogP contribution in [-0.2, 0) is 17.8 Å². The van der Waals surface area contributed by atoms with Gasteiger partial charge in [0.25, 0.3) is 0 Å². The van der Waals surface area contributed by atoms with Crippen molar-refractivity contribution in [2.45, 2.75) is 39.7 Å². The molecule has 1 fully saturated rings. The average Bonchev–Trinajstić information content (AvgIpc) is 3.09. The van der Waals surface area contributed by atoms with Crippen molar-refractivity contribution in [2.24, 2.45) is 11.3 Å². The zero-order valence-corrected chi connectivity index (χ0v) is 18.7. The first kappa shape index (κ1) is 23.0. The van der Waals surface area contributed by atoms with Crippen LogP contribution in [0.1, 0.15) is 37.8 Å². The number of benzene rings is 1. The molecule has 5 nitrogen and oxygen atoms in total. The van der Waals surface area contributed by atoms with Crippen LogP contribution in [0.2, 0.25) is 0 Å². The maximum absolute atomic E-state index is 12.6. The number of amides is 1. The minimum absolute atomic E-state index is 0. The maximum atomic E-state index is 12.6. The molecule has 0 atom stereocenters. The Morgan fingerprint density at radius 3 is 2.68 bits per heavy atom. The fraction of sp³-hybridized carbons (Fsp3) is 0.682. The predicted octanol–water partition coefficient (Wildman–Crippen LogP) is 2.99. The van der Waals surface area contributed by atoms with E-state index in [0.29, 0.717) is 0 Å². The van der Waals surface area contributed by atoms with E-state index < -0.39 is 0 Å². The predicted molar refractivity (Wildman–Crippen MR) is 119 cm³/mol. The van der Waals surface area contributed by atoms with Crippen molar-refractivity contribution in [3.05, 3.63) is 29.3 Å². The van der Waals surface area contributed by atoms with Gasteiger partial charge in [-0.2, -0.15) is 0 Å². The highest BCUT2D eigenvalue weighted by Crippen LogP contribution is 2.28. The Morgan fingerprint density at radius 1 is 1.29 bits per heavy atom. The molecule has 0 unspecified atom stereocenters. The van der Waals surface area contributed by atoms with E-state index in [1.54, 1.807) is 0 Å². The molecule has 0 saturated carbocycles. The fourth-order valence-corrected chi connectivity index (χ4v) is 4.52. The number of hydrogen-bond donors (Lipinski definition) is 2. The highest BCUT2D eigenvalue weighted by molar-refractivity contribution is 5.85. The van der Waals surface area contributed by atoms with Gasteiger partial charge < -0.3 is 15.5 Å². The summed E-state index contributed by atoms with van der Waals surface area (Å²) < 4.78 is 0. The van der Waals surface area contributed by atoms with Crippen molar-refractivity contribution in [1.29, 1.82) is 0 Å². The lowest BCUT2D eigenvalue weighted by Gasteiger charge is -2.33. The van der Waals surface area contributed by atoms with Gasteiger partial charge in [0.05, 0.1) is 0 Å². The molecule has 2 N–H and O–H groups in total. The molecule has 0 aromatic heterocycles. The Hall–Kier alpha value is -1.30. The number of nitrogens with one attached hydrogen (secondary N) is 2. The second kappa shape index (κ2) is 9.95. The highest BCUT2D eigenvalue weighted by Gasteiger charge is 2.27. The molecule has 1 aromatic carbocycles. The van der Waals surface area contributed by atoms with E-state index in [9.17, 15) is 4.79 Å². The number of hydrogen-bond acceptors (Lipinski definition) is 4. The summed E-state index contributed by atoms with van der Waals surface area (Å²) in [7, 11) is 4.16. The summed E-state index contributed by atoms with van der Waals surface area (Å²) >= 11 is 0. The largest absolute Gasteiger partial charge is 0.384 e. The lowest BCUT2D eigenvalue weighted by atomic mass is 9.91. The molecule has 158 valence electrons. The number of likely N-dealkylation sites (tertiary alicyclic amines) is 1. The van der Waals surface area contributed by atoms with Crippen molar-refractivity contribution >= 4 is 24.0 Å². The van der Waals surface area contributed by atoms with Gasteiger partial charge in [-0.25, -0.2) is 0 Å². The van der Waals surface area contributed by atoms with Crippen molar-refractivity contribution in [3.8, 4) is 0 Å². The van der Waals surface area contributed by atoms with Gasteiger partial charge in [-0.15, -0.1) is 12.4 Å². The molecule has 1 amide bonds. The van der Waals surface area contributed by atoms with Crippen molar-refractivity contribution in [2.75, 3.05) is 52.1 Å². The number of nitrogens with zero attached hydrogens (tertiary/aromatic N) is 2. The smallest absolute Gasteiger partial charge is 0.223 e. The number of halogens is 1. The standard InChI is InChI=1S/C22H36N4O.ClH/c1-22(2,16-25(3)4)15-24-21(27)18-9-12-26(13-10-18)14-19-7-5-6-17-8-11-23-20(17)19;/h5-7,18,23H,8-16H2,1-4H3,(H,24,27);1H. The lowest BCUT2D eigenvalue weighted by molar-refractivity contribution is -0.127. The summed E-state index contributed by atoms with van der Waals surface area (Å²) in [5, 5.41) is 6.74. The van der Waals surface area contributed by atoms with Crippen LogP contribution >= 0.6 is 12.4 Å². The molecule has 6 heteroatoms. The highest BCUT2D eigenvalue weighted by atomic mass is 35.5. The summed E-state index contributed by atoms with van der Waals surface area (Å²) in [6.07, 6.45) is 3.06. The molecule has 1 saturated heterocycles.